The van der Waals surface area contributed by atoms with Crippen LogP contribution in [0, 0.1) is 0 Å². The van der Waals surface area contributed by atoms with Crippen LogP contribution in [0.5, 0.6) is 0 Å². The third kappa shape index (κ3) is 3.59. The van der Waals surface area contributed by atoms with Crippen molar-refractivity contribution in [2.75, 3.05) is 4.90 Å². The minimum Gasteiger partial charge on any atom is -0.291 e. The minimum absolute atomic E-state index is 0.510. The van der Waals surface area contributed by atoms with Gasteiger partial charge in [-0.3, -0.25) is 24.8 Å². The molecule has 14 heteroatoms. The molecule has 1 unspecified atom stereocenters. The summed E-state index contributed by atoms with van der Waals surface area (Å²) in [7, 11) is 0. The fourth-order valence-corrected chi connectivity index (χ4v) is 4.88. The summed E-state index contributed by atoms with van der Waals surface area (Å²) >= 11 is 3.89. The predicted molar refractivity (Wildman–Crippen MR) is 125 cm³/mol. The highest BCUT2D eigenvalue weighted by molar-refractivity contribution is 7.11. The highest BCUT2D eigenvalue weighted by atomic mass is 32.1. The molecule has 0 saturated carbocycles. The molecule has 33 heavy (non-hydrogen) atoms. The maximum atomic E-state index is 5.10. The lowest BCUT2D eigenvalue weighted by Gasteiger charge is -2.35. The van der Waals surface area contributed by atoms with Gasteiger partial charge in [-0.05, 0) is 35.2 Å². The van der Waals surface area contributed by atoms with Gasteiger partial charge in [0.1, 0.15) is 22.4 Å². The van der Waals surface area contributed by atoms with Crippen LogP contribution in [-0.2, 0) is 0 Å². The minimum atomic E-state index is -0.602. The topological polar surface area (TPSA) is 132 Å². The van der Waals surface area contributed by atoms with E-state index < -0.39 is 6.17 Å². The third-order valence-electron chi connectivity index (χ3n) is 4.71. The first-order chi connectivity index (χ1) is 16.4. The van der Waals surface area contributed by atoms with Gasteiger partial charge in [0.2, 0.25) is 0 Å². The molecule has 11 nitrogen and oxygen atoms in total. The smallest absolute Gasteiger partial charge is 0.190 e. The summed E-state index contributed by atoms with van der Waals surface area (Å²) in [6.45, 7) is 0. The lowest BCUT2D eigenvalue weighted by Crippen LogP contribution is -2.34. The van der Waals surface area contributed by atoms with Crippen molar-refractivity contribution in [3.8, 4) is 0 Å². The second-order valence-electron chi connectivity index (χ2n) is 6.55. The van der Waals surface area contributed by atoms with Gasteiger partial charge in [-0.15, -0.1) is 15.3 Å². The first-order valence-electron chi connectivity index (χ1n) is 9.49. The van der Waals surface area contributed by atoms with Crippen LogP contribution < -0.4 is 4.90 Å². The van der Waals surface area contributed by atoms with E-state index in [2.05, 4.69) is 44.1 Å². The largest absolute Gasteiger partial charge is 0.291 e. The Bertz CT molecular complexity index is 1400. The number of nitrogens with zero attached hydrogens (tertiary/aromatic N) is 11. The van der Waals surface area contributed by atoms with Crippen LogP contribution in [0.1, 0.15) is 28.4 Å². The van der Waals surface area contributed by atoms with E-state index in [1.54, 1.807) is 35.8 Å². The van der Waals surface area contributed by atoms with Crippen LogP contribution in [0.15, 0.2) is 64.4 Å². The molecule has 0 N–H and O–H groups in total. The zero-order chi connectivity index (χ0) is 22.0. The van der Waals surface area contributed by atoms with E-state index in [0.29, 0.717) is 45.0 Å². The molecular weight excluding hydrogens is 478 g/mol. The lowest BCUT2D eigenvalue weighted by atomic mass is 10.00. The van der Waals surface area contributed by atoms with Crippen LogP contribution in [0.2, 0.25) is 0 Å². The summed E-state index contributed by atoms with van der Waals surface area (Å²) in [6.07, 6.45) is 6.06. The van der Waals surface area contributed by atoms with Gasteiger partial charge >= 0.3 is 0 Å². The van der Waals surface area contributed by atoms with Crippen molar-refractivity contribution >= 4 is 57.2 Å². The van der Waals surface area contributed by atoms with Crippen LogP contribution in [0.3, 0.4) is 0 Å². The number of aliphatic imine (C=N–C) groups is 1. The molecule has 5 aromatic heterocycles. The van der Waals surface area contributed by atoms with Crippen LogP contribution >= 0.6 is 34.4 Å². The molecule has 0 aromatic carbocycles. The average Bonchev–Trinajstić information content (AvgIpc) is 3.67. The summed E-state index contributed by atoms with van der Waals surface area (Å²) in [6, 6.07) is 5.68. The Hall–Kier alpha value is -3.88. The molecule has 1 aliphatic heterocycles. The Labute approximate surface area is 198 Å². The fourth-order valence-electron chi connectivity index (χ4n) is 3.42. The summed E-state index contributed by atoms with van der Waals surface area (Å²) < 4.78 is 8.62. The van der Waals surface area contributed by atoms with E-state index in [1.165, 1.54) is 34.4 Å². The van der Waals surface area contributed by atoms with Crippen molar-refractivity contribution in [3.63, 3.8) is 0 Å². The van der Waals surface area contributed by atoms with Crippen molar-refractivity contribution in [1.82, 2.24) is 44.1 Å². The fraction of sp³-hybridized carbons (Fsp3) is 0.0526. The van der Waals surface area contributed by atoms with Gasteiger partial charge in [0, 0.05) is 18.6 Å². The van der Waals surface area contributed by atoms with Crippen LogP contribution in [0.25, 0.3) is 11.3 Å². The zero-order valence-corrected chi connectivity index (χ0v) is 18.9. The monoisotopic (exact) mass is 489 g/mol. The molecule has 0 saturated heterocycles. The molecule has 6 heterocycles. The zero-order valence-electron chi connectivity index (χ0n) is 16.5. The second-order valence-corrected chi connectivity index (χ2v) is 8.60. The van der Waals surface area contributed by atoms with Gasteiger partial charge in [0.05, 0.1) is 28.6 Å². The van der Waals surface area contributed by atoms with Gasteiger partial charge in [0.15, 0.2) is 22.8 Å². The lowest BCUT2D eigenvalue weighted by molar-refractivity contribution is 0.695. The summed E-state index contributed by atoms with van der Waals surface area (Å²) in [4.78, 5) is 24.9. The van der Waals surface area contributed by atoms with Gasteiger partial charge in [0.25, 0.3) is 0 Å². The molecule has 0 fully saturated rings. The van der Waals surface area contributed by atoms with Crippen LogP contribution in [-0.4, -0.2) is 49.8 Å². The third-order valence-corrected chi connectivity index (χ3v) is 6.39. The number of pyridine rings is 1. The predicted octanol–water partition coefficient (Wildman–Crippen LogP) is 3.00. The molecule has 0 amide bonds. The molecule has 0 spiro atoms. The highest BCUT2D eigenvalue weighted by Crippen LogP contribution is 2.43. The molecule has 1 aliphatic rings. The molecule has 6 rings (SSSR count). The second kappa shape index (κ2) is 8.57. The number of aromatic nitrogens is 9. The normalized spacial score (nSPS) is 16.2. The van der Waals surface area contributed by atoms with E-state index in [9.17, 15) is 0 Å². The maximum absolute atomic E-state index is 5.10. The molecule has 0 radical (unpaired) electrons. The summed E-state index contributed by atoms with van der Waals surface area (Å²) in [5.74, 6) is 1.10. The van der Waals surface area contributed by atoms with Gasteiger partial charge < -0.3 is 0 Å². The Morgan fingerprint density at radius 3 is 2.64 bits per heavy atom. The van der Waals surface area contributed by atoms with Gasteiger partial charge in [-0.25, -0.2) is 4.98 Å². The first kappa shape index (κ1) is 19.8. The Kier molecular flexibility index (Phi) is 5.14. The Morgan fingerprint density at radius 1 is 0.939 bits per heavy atom. The standard InChI is InChI=1S/C19H11N11S3/c1-2-4-21-11(3-1)15-14(19-27-24-10-31-19)16(17-23-9-33-28-17)30(13-8-32-29-26-13)18(25-15)12-7-20-5-6-22-12/h1-10,18H. The van der Waals surface area contributed by atoms with E-state index in [4.69, 9.17) is 4.99 Å². The molecule has 0 aliphatic carbocycles. The van der Waals surface area contributed by atoms with Crippen molar-refractivity contribution in [3.05, 3.63) is 81.6 Å². The van der Waals surface area contributed by atoms with E-state index in [1.807, 2.05) is 28.5 Å². The van der Waals surface area contributed by atoms with Crippen molar-refractivity contribution < 1.29 is 0 Å². The summed E-state index contributed by atoms with van der Waals surface area (Å²) in [5, 5.41) is 15.2. The number of hydrogen-bond acceptors (Lipinski definition) is 14. The van der Waals surface area contributed by atoms with E-state index >= 15 is 0 Å². The van der Waals surface area contributed by atoms with Crippen molar-refractivity contribution in [2.24, 2.45) is 4.99 Å². The quantitative estimate of drug-likeness (QED) is 0.363. The Balaban J connectivity index is 1.70. The number of allylic oxidation sites excluding steroid dienone is 1. The highest BCUT2D eigenvalue weighted by Gasteiger charge is 2.39. The van der Waals surface area contributed by atoms with Crippen molar-refractivity contribution in [2.45, 2.75) is 6.17 Å². The number of rotatable bonds is 5. The number of anilines is 1. The Morgan fingerprint density at radius 2 is 1.94 bits per heavy atom. The molecular formula is C19H11N11S3. The van der Waals surface area contributed by atoms with Crippen LogP contribution in [0.4, 0.5) is 5.82 Å². The summed E-state index contributed by atoms with van der Waals surface area (Å²) in [5.41, 5.74) is 6.68. The molecule has 5 aromatic rings. The van der Waals surface area contributed by atoms with E-state index in [-0.39, 0.29) is 0 Å². The molecule has 1 atom stereocenters. The maximum Gasteiger partial charge on any atom is 0.190 e. The van der Waals surface area contributed by atoms with Gasteiger partial charge in [-0.2, -0.15) is 4.37 Å². The molecule has 160 valence electrons. The SMILES string of the molecule is c1ccc(C2=NC(c3cnccn3)N(c3csnn3)C(c3ncsn3)=C2c2nncs2)nc1. The van der Waals surface area contributed by atoms with Gasteiger partial charge in [-0.1, -0.05) is 21.9 Å². The average molecular weight is 490 g/mol. The first-order valence-corrected chi connectivity index (χ1v) is 12.0. The van der Waals surface area contributed by atoms with E-state index in [0.717, 1.165) is 0 Å². The van der Waals surface area contributed by atoms with Crippen molar-refractivity contribution in [1.29, 1.82) is 0 Å². The number of hydrogen-bond donors (Lipinski definition) is 0. The molecule has 0 bridgehead atoms.